The topological polar surface area (TPSA) is 102 Å². The van der Waals surface area contributed by atoms with Crippen LogP contribution in [0.5, 0.6) is 0 Å². The molecule has 0 unspecified atom stereocenters. The van der Waals surface area contributed by atoms with Crippen molar-refractivity contribution in [2.45, 2.75) is 6.92 Å². The van der Waals surface area contributed by atoms with Gasteiger partial charge in [-0.05, 0) is 59.3 Å². The lowest BCUT2D eigenvalue weighted by atomic mass is 10.1. The summed E-state index contributed by atoms with van der Waals surface area (Å²) in [5.74, 6) is 1.63. The van der Waals surface area contributed by atoms with Gasteiger partial charge in [-0.25, -0.2) is 15.0 Å². The van der Waals surface area contributed by atoms with Gasteiger partial charge in [-0.3, -0.25) is 4.98 Å². The summed E-state index contributed by atoms with van der Waals surface area (Å²) in [6, 6.07) is 13.6. The number of nitrogens with zero attached hydrogens (tertiary/aromatic N) is 4. The third-order valence-corrected chi connectivity index (χ3v) is 4.45. The quantitative estimate of drug-likeness (QED) is 0.443. The van der Waals surface area contributed by atoms with Crippen LogP contribution in [0.1, 0.15) is 5.69 Å². The summed E-state index contributed by atoms with van der Waals surface area (Å²) in [4.78, 5) is 17.3. The second kappa shape index (κ2) is 7.16. The minimum Gasteiger partial charge on any atom is -0.393 e. The summed E-state index contributed by atoms with van der Waals surface area (Å²) in [5, 5.41) is 7.39. The molecule has 4 rings (SSSR count). The smallest absolute Gasteiger partial charge is 0.160 e. The van der Waals surface area contributed by atoms with Gasteiger partial charge in [-0.2, -0.15) is 0 Å². The summed E-state index contributed by atoms with van der Waals surface area (Å²) in [6.45, 7) is 1.97. The van der Waals surface area contributed by atoms with Crippen molar-refractivity contribution in [1.29, 1.82) is 0 Å². The van der Waals surface area contributed by atoms with Gasteiger partial charge in [-0.1, -0.05) is 6.07 Å². The molecule has 3 heterocycles. The highest BCUT2D eigenvalue weighted by atomic mass is 79.9. The van der Waals surface area contributed by atoms with E-state index in [1.807, 2.05) is 49.4 Å². The largest absolute Gasteiger partial charge is 0.393 e. The molecule has 0 radical (unpaired) electrons. The Morgan fingerprint density at radius 3 is 2.52 bits per heavy atom. The SMILES string of the molecule is Cc1ccc2c(Nc3ncnc(Nc4ccc(Br)cn4)c3N)cccc2n1. The molecule has 0 fully saturated rings. The number of aryl methyl sites for hydroxylation is 1. The van der Waals surface area contributed by atoms with E-state index in [9.17, 15) is 0 Å². The van der Waals surface area contributed by atoms with Crippen molar-refractivity contribution >= 4 is 55.7 Å². The van der Waals surface area contributed by atoms with Gasteiger partial charge in [0.05, 0.1) is 5.52 Å². The van der Waals surface area contributed by atoms with Crippen LogP contribution in [0.15, 0.2) is 59.5 Å². The molecule has 1 aromatic carbocycles. The first-order chi connectivity index (χ1) is 13.1. The van der Waals surface area contributed by atoms with E-state index in [2.05, 4.69) is 46.5 Å². The summed E-state index contributed by atoms with van der Waals surface area (Å²) in [6.07, 6.45) is 3.15. The van der Waals surface area contributed by atoms with Crippen LogP contribution in [0.25, 0.3) is 10.9 Å². The number of hydrogen-bond donors (Lipinski definition) is 3. The highest BCUT2D eigenvalue weighted by molar-refractivity contribution is 9.10. The van der Waals surface area contributed by atoms with Crippen LogP contribution < -0.4 is 16.4 Å². The Balaban J connectivity index is 1.66. The first-order valence-electron chi connectivity index (χ1n) is 8.22. The molecule has 8 heteroatoms. The van der Waals surface area contributed by atoms with Gasteiger partial charge < -0.3 is 16.4 Å². The van der Waals surface area contributed by atoms with Gasteiger partial charge in [0, 0.05) is 27.4 Å². The molecule has 0 spiro atoms. The van der Waals surface area contributed by atoms with Gasteiger partial charge in [0.2, 0.25) is 0 Å². The normalized spacial score (nSPS) is 10.7. The third kappa shape index (κ3) is 3.65. The number of anilines is 5. The number of nitrogens with one attached hydrogen (secondary N) is 2. The predicted molar refractivity (Wildman–Crippen MR) is 111 cm³/mol. The molecular formula is C19H16BrN7. The maximum atomic E-state index is 6.27. The van der Waals surface area contributed by atoms with Crippen LogP contribution in [0, 0.1) is 6.92 Å². The van der Waals surface area contributed by atoms with E-state index in [1.165, 1.54) is 6.33 Å². The molecule has 0 aliphatic heterocycles. The summed E-state index contributed by atoms with van der Waals surface area (Å²) < 4.78 is 0.894. The number of halogens is 1. The number of hydrogen-bond acceptors (Lipinski definition) is 7. The fourth-order valence-electron chi connectivity index (χ4n) is 2.66. The van der Waals surface area contributed by atoms with Crippen molar-refractivity contribution in [2.75, 3.05) is 16.4 Å². The molecule has 0 aliphatic carbocycles. The number of nitrogens with two attached hydrogens (primary N) is 1. The Labute approximate surface area is 164 Å². The van der Waals surface area contributed by atoms with Crippen molar-refractivity contribution in [3.63, 3.8) is 0 Å². The van der Waals surface area contributed by atoms with Crippen LogP contribution in [0.3, 0.4) is 0 Å². The number of benzene rings is 1. The lowest BCUT2D eigenvalue weighted by molar-refractivity contribution is 1.16. The second-order valence-electron chi connectivity index (χ2n) is 5.92. The fraction of sp³-hybridized carbons (Fsp3) is 0.0526. The van der Waals surface area contributed by atoms with Gasteiger partial charge in [0.25, 0.3) is 0 Å². The molecule has 0 bridgehead atoms. The van der Waals surface area contributed by atoms with Crippen LogP contribution in [-0.4, -0.2) is 19.9 Å². The van der Waals surface area contributed by atoms with Gasteiger partial charge in [-0.15, -0.1) is 0 Å². The van der Waals surface area contributed by atoms with Gasteiger partial charge in [0.15, 0.2) is 11.6 Å². The first-order valence-corrected chi connectivity index (χ1v) is 9.02. The molecule has 134 valence electrons. The zero-order valence-corrected chi connectivity index (χ0v) is 16.0. The van der Waals surface area contributed by atoms with E-state index < -0.39 is 0 Å². The summed E-state index contributed by atoms with van der Waals surface area (Å²) in [7, 11) is 0. The molecule has 0 saturated carbocycles. The number of pyridine rings is 2. The molecule has 4 N–H and O–H groups in total. The molecule has 27 heavy (non-hydrogen) atoms. The summed E-state index contributed by atoms with van der Waals surface area (Å²) in [5.41, 5.74) is 9.42. The predicted octanol–water partition coefficient (Wildman–Crippen LogP) is 4.56. The zero-order valence-electron chi connectivity index (χ0n) is 14.4. The maximum absolute atomic E-state index is 6.27. The Kier molecular flexibility index (Phi) is 4.55. The number of rotatable bonds is 4. The zero-order chi connectivity index (χ0) is 18.8. The van der Waals surface area contributed by atoms with Crippen molar-refractivity contribution < 1.29 is 0 Å². The lowest BCUT2D eigenvalue weighted by Crippen LogP contribution is -2.06. The molecule has 0 aliphatic rings. The first kappa shape index (κ1) is 17.2. The molecule has 0 saturated heterocycles. The maximum Gasteiger partial charge on any atom is 0.160 e. The van der Waals surface area contributed by atoms with Gasteiger partial charge in [0.1, 0.15) is 17.8 Å². The second-order valence-corrected chi connectivity index (χ2v) is 6.84. The number of aromatic nitrogens is 4. The van der Waals surface area contributed by atoms with Crippen LogP contribution in [-0.2, 0) is 0 Å². The average Bonchev–Trinajstić information content (AvgIpc) is 2.66. The standard InChI is InChI=1S/C19H16BrN7/c1-11-5-7-13-14(25-11)3-2-4-15(13)26-18-17(21)19(24-10-23-18)27-16-8-6-12(20)9-22-16/h2-10H,21H2,1H3,(H2,22,23,24,26,27). The molecule has 0 amide bonds. The average molecular weight is 422 g/mol. The molecular weight excluding hydrogens is 406 g/mol. The van der Waals surface area contributed by atoms with E-state index in [0.29, 0.717) is 23.1 Å². The molecule has 7 nitrogen and oxygen atoms in total. The Bertz CT molecular complexity index is 1110. The number of nitrogen functional groups attached to an aromatic ring is 1. The van der Waals surface area contributed by atoms with Crippen LogP contribution >= 0.6 is 15.9 Å². The number of fused-ring (bicyclic) bond motifs is 1. The van der Waals surface area contributed by atoms with Crippen molar-refractivity contribution in [1.82, 2.24) is 19.9 Å². The van der Waals surface area contributed by atoms with Gasteiger partial charge >= 0.3 is 0 Å². The van der Waals surface area contributed by atoms with E-state index in [0.717, 1.165) is 26.8 Å². The van der Waals surface area contributed by atoms with Crippen molar-refractivity contribution in [2.24, 2.45) is 0 Å². The fourth-order valence-corrected chi connectivity index (χ4v) is 2.89. The molecule has 0 atom stereocenters. The highest BCUT2D eigenvalue weighted by Gasteiger charge is 2.11. The minimum absolute atomic E-state index is 0.402. The Morgan fingerprint density at radius 2 is 1.74 bits per heavy atom. The van der Waals surface area contributed by atoms with E-state index in [4.69, 9.17) is 5.73 Å². The lowest BCUT2D eigenvalue weighted by Gasteiger charge is -2.13. The van der Waals surface area contributed by atoms with Crippen LogP contribution in [0.2, 0.25) is 0 Å². The van der Waals surface area contributed by atoms with Crippen LogP contribution in [0.4, 0.5) is 28.8 Å². The van der Waals surface area contributed by atoms with E-state index in [-0.39, 0.29) is 0 Å². The van der Waals surface area contributed by atoms with Crippen molar-refractivity contribution in [3.8, 4) is 0 Å². The molecule has 3 aromatic heterocycles. The Morgan fingerprint density at radius 1 is 0.926 bits per heavy atom. The van der Waals surface area contributed by atoms with Crippen molar-refractivity contribution in [3.05, 3.63) is 65.2 Å². The monoisotopic (exact) mass is 421 g/mol. The summed E-state index contributed by atoms with van der Waals surface area (Å²) >= 11 is 3.36. The van der Waals surface area contributed by atoms with E-state index >= 15 is 0 Å². The Hall–Kier alpha value is -3.26. The molecule has 4 aromatic rings. The highest BCUT2D eigenvalue weighted by Crippen LogP contribution is 2.30. The van der Waals surface area contributed by atoms with E-state index in [1.54, 1.807) is 6.20 Å². The third-order valence-electron chi connectivity index (χ3n) is 3.98. The minimum atomic E-state index is 0.402.